The minimum Gasteiger partial charge on any atom is -0.344 e. The number of benzene rings is 1. The average molecular weight is 847 g/mol. The summed E-state index contributed by atoms with van der Waals surface area (Å²) in [7, 11) is -4.32. The van der Waals surface area contributed by atoms with E-state index < -0.39 is 87.9 Å². The van der Waals surface area contributed by atoms with Gasteiger partial charge in [0.25, 0.3) is 27.7 Å². The Hall–Kier alpha value is -4.97. The summed E-state index contributed by atoms with van der Waals surface area (Å²) in [6.07, 6.45) is 9.55. The Bertz CT molecular complexity index is 1880. The minimum atomic E-state index is -4.32. The Morgan fingerprint density at radius 2 is 1.50 bits per heavy atom. The summed E-state index contributed by atoms with van der Waals surface area (Å²) in [5.74, 6) is -6.36. The van der Waals surface area contributed by atoms with Crippen LogP contribution in [0, 0.1) is 17.8 Å². The molecule has 3 rings (SSSR count). The zero-order valence-corrected chi connectivity index (χ0v) is 35.1. The van der Waals surface area contributed by atoms with Gasteiger partial charge in [0.15, 0.2) is 0 Å². The maximum absolute atomic E-state index is 14.0. The molecule has 0 saturated heterocycles. The van der Waals surface area contributed by atoms with Crippen LogP contribution in [0.4, 0.5) is 0 Å². The van der Waals surface area contributed by atoms with Crippen molar-refractivity contribution >= 4 is 62.9 Å². The van der Waals surface area contributed by atoms with Crippen molar-refractivity contribution in [1.82, 2.24) is 41.3 Å². The van der Waals surface area contributed by atoms with Crippen molar-refractivity contribution in [2.24, 2.45) is 17.8 Å². The van der Waals surface area contributed by atoms with Gasteiger partial charge in [-0.15, -0.1) is 0 Å². The molecule has 0 radical (unpaired) electrons. The van der Waals surface area contributed by atoms with Gasteiger partial charge in [-0.05, 0) is 55.2 Å². The number of carbonyl (C=O) groups is 7. The summed E-state index contributed by atoms with van der Waals surface area (Å²) < 4.78 is 26.9. The Morgan fingerprint density at radius 3 is 2.10 bits per heavy atom. The van der Waals surface area contributed by atoms with Gasteiger partial charge < -0.3 is 26.6 Å². The summed E-state index contributed by atoms with van der Waals surface area (Å²) >= 11 is 5.85. The molecular formula is C39H55ClN8O9S. The van der Waals surface area contributed by atoms with E-state index in [-0.39, 0.29) is 46.7 Å². The maximum Gasteiger partial charge on any atom is 0.290 e. The van der Waals surface area contributed by atoms with Crippen LogP contribution in [0.15, 0.2) is 47.8 Å². The van der Waals surface area contributed by atoms with Crippen LogP contribution in [-0.2, 0) is 38.8 Å². The molecule has 2 aromatic rings. The molecule has 17 nitrogen and oxygen atoms in total. The molecule has 6 N–H and O–H groups in total. The highest BCUT2D eigenvalue weighted by molar-refractivity contribution is 7.90. The minimum absolute atomic E-state index is 0.0123. The molecule has 1 aliphatic carbocycles. The van der Waals surface area contributed by atoms with E-state index >= 15 is 0 Å². The lowest BCUT2D eigenvalue weighted by atomic mass is 9.84. The normalized spacial score (nSPS) is 15.8. The van der Waals surface area contributed by atoms with Gasteiger partial charge in [-0.3, -0.25) is 38.5 Å². The second kappa shape index (κ2) is 22.8. The van der Waals surface area contributed by atoms with Crippen molar-refractivity contribution < 1.29 is 42.0 Å². The van der Waals surface area contributed by atoms with Crippen molar-refractivity contribution in [3.63, 3.8) is 0 Å². The van der Waals surface area contributed by atoms with E-state index in [4.69, 9.17) is 11.6 Å². The number of aromatic nitrogens is 2. The molecule has 6 amide bonds. The fourth-order valence-electron chi connectivity index (χ4n) is 6.47. The molecule has 0 unspecified atom stereocenters. The van der Waals surface area contributed by atoms with E-state index in [0.717, 1.165) is 38.2 Å². The number of carbonyl (C=O) groups excluding carboxylic acids is 7. The van der Waals surface area contributed by atoms with Gasteiger partial charge in [-0.2, -0.15) is 0 Å². The summed E-state index contributed by atoms with van der Waals surface area (Å²) in [5.41, 5.74) is 0.0177. The van der Waals surface area contributed by atoms with E-state index in [2.05, 4.69) is 36.6 Å². The summed E-state index contributed by atoms with van der Waals surface area (Å²) in [5, 5.41) is 13.1. The number of nitrogens with zero attached hydrogens (tertiary/aromatic N) is 2. The second-order valence-corrected chi connectivity index (χ2v) is 17.0. The first-order valence-corrected chi connectivity index (χ1v) is 21.4. The van der Waals surface area contributed by atoms with Gasteiger partial charge >= 0.3 is 0 Å². The van der Waals surface area contributed by atoms with E-state index in [1.54, 1.807) is 18.6 Å². The van der Waals surface area contributed by atoms with Crippen molar-refractivity contribution in [2.75, 3.05) is 6.54 Å². The molecule has 1 fully saturated rings. The molecule has 0 aliphatic heterocycles. The number of ketones is 1. The third-order valence-electron chi connectivity index (χ3n) is 9.87. The number of Topliss-reactive ketones (excluding diaryl/α,β-unsaturated/α-hetero) is 1. The number of amides is 6. The zero-order chi connectivity index (χ0) is 43.0. The predicted molar refractivity (Wildman–Crippen MR) is 214 cm³/mol. The van der Waals surface area contributed by atoms with Crippen molar-refractivity contribution in [3.05, 3.63) is 53.6 Å². The van der Waals surface area contributed by atoms with E-state index in [9.17, 15) is 42.0 Å². The van der Waals surface area contributed by atoms with Crippen LogP contribution in [-0.4, -0.2) is 90.3 Å². The molecule has 1 heterocycles. The standard InChI is InChI=1S/C39H55ClN8O9S/c1-6-24(5)33(47-36(52)29(18-23(3)4)45-37(53)31-21-41-16-17-42-31)38(54)46-30(19-25-12-9-8-10-13-25)35(51)44-28(7-2)34(50)39(55)43-22-32(49)48-58(56,57)27-15-11-14-26(40)20-27/h11,14-17,20-21,23-25,28-30,33H,6-10,12-13,18-19,22H2,1-5H3,(H,43,55)(H,44,51)(H,45,53)(H,46,54)(H,47,52)(H,48,49)/t24-,28-,29-,30-,33-/m0/s1. The largest absolute Gasteiger partial charge is 0.344 e. The highest BCUT2D eigenvalue weighted by Gasteiger charge is 2.35. The predicted octanol–water partition coefficient (Wildman–Crippen LogP) is 2.35. The van der Waals surface area contributed by atoms with Crippen LogP contribution in [0.2, 0.25) is 5.02 Å². The van der Waals surface area contributed by atoms with E-state index in [1.165, 1.54) is 36.8 Å². The first-order chi connectivity index (χ1) is 27.4. The molecule has 1 aliphatic rings. The molecule has 5 atom stereocenters. The fraction of sp³-hybridized carbons (Fsp3) is 0.564. The van der Waals surface area contributed by atoms with Gasteiger partial charge in [0.05, 0.1) is 23.7 Å². The van der Waals surface area contributed by atoms with Crippen molar-refractivity contribution in [1.29, 1.82) is 0 Å². The first-order valence-electron chi connectivity index (χ1n) is 19.6. The molecule has 0 bridgehead atoms. The maximum atomic E-state index is 14.0. The number of hydrogen-bond acceptors (Lipinski definition) is 11. The summed E-state index contributed by atoms with van der Waals surface area (Å²) in [6, 6.07) is 0.562. The number of rotatable bonds is 21. The molecule has 1 aromatic heterocycles. The van der Waals surface area contributed by atoms with Crippen LogP contribution in [0.3, 0.4) is 0 Å². The van der Waals surface area contributed by atoms with Crippen LogP contribution in [0.5, 0.6) is 0 Å². The fourth-order valence-corrected chi connectivity index (χ4v) is 7.75. The van der Waals surface area contributed by atoms with Crippen LogP contribution >= 0.6 is 11.6 Å². The lowest BCUT2D eigenvalue weighted by Crippen LogP contribution is -2.60. The molecule has 0 spiro atoms. The van der Waals surface area contributed by atoms with E-state index in [1.807, 2.05) is 20.8 Å². The number of hydrogen-bond donors (Lipinski definition) is 6. The van der Waals surface area contributed by atoms with Gasteiger partial charge in [0.1, 0.15) is 23.8 Å². The van der Waals surface area contributed by atoms with Crippen LogP contribution in [0.1, 0.15) is 103 Å². The smallest absolute Gasteiger partial charge is 0.290 e. The highest BCUT2D eigenvalue weighted by Crippen LogP contribution is 2.28. The quantitative estimate of drug-likeness (QED) is 0.0995. The van der Waals surface area contributed by atoms with Gasteiger partial charge in [-0.25, -0.2) is 18.1 Å². The number of sulfonamides is 1. The average Bonchev–Trinajstić information content (AvgIpc) is 3.20. The van der Waals surface area contributed by atoms with Crippen molar-refractivity contribution in [2.45, 2.75) is 121 Å². The first kappa shape index (κ1) is 47.4. The highest BCUT2D eigenvalue weighted by atomic mass is 35.5. The SMILES string of the molecule is CC[C@H](NC(=O)[C@H](CC1CCCCC1)NC(=O)[C@@H](NC(=O)[C@H](CC(C)C)NC(=O)c1cnccn1)[C@@H](C)CC)C(=O)C(=O)NCC(=O)NS(=O)(=O)c1cccc(Cl)c1. The third kappa shape index (κ3) is 14.8. The molecule has 19 heteroatoms. The Labute approximate surface area is 344 Å². The Balaban J connectivity index is 1.73. The van der Waals surface area contributed by atoms with Crippen molar-refractivity contribution in [3.8, 4) is 0 Å². The monoisotopic (exact) mass is 846 g/mol. The summed E-state index contributed by atoms with van der Waals surface area (Å²) in [6.45, 7) is 8.07. The Morgan fingerprint density at radius 1 is 0.828 bits per heavy atom. The molecule has 1 aromatic carbocycles. The lowest BCUT2D eigenvalue weighted by molar-refractivity contribution is -0.141. The number of nitrogens with one attached hydrogen (secondary N) is 6. The molecule has 58 heavy (non-hydrogen) atoms. The number of halogens is 1. The second-order valence-electron chi connectivity index (χ2n) is 14.9. The van der Waals surface area contributed by atoms with Gasteiger partial charge in [0, 0.05) is 17.4 Å². The molecular weight excluding hydrogens is 792 g/mol. The van der Waals surface area contributed by atoms with Crippen LogP contribution in [0.25, 0.3) is 0 Å². The zero-order valence-electron chi connectivity index (χ0n) is 33.5. The van der Waals surface area contributed by atoms with Crippen LogP contribution < -0.4 is 31.3 Å². The Kier molecular flexibility index (Phi) is 18.7. The van der Waals surface area contributed by atoms with Gasteiger partial charge in [0.2, 0.25) is 23.5 Å². The van der Waals surface area contributed by atoms with Gasteiger partial charge in [-0.1, -0.05) is 90.8 Å². The topological polar surface area (TPSA) is 252 Å². The summed E-state index contributed by atoms with van der Waals surface area (Å²) in [4.78, 5) is 101. The molecule has 318 valence electrons. The molecule has 1 saturated carbocycles. The lowest BCUT2D eigenvalue weighted by Gasteiger charge is -2.31. The third-order valence-corrected chi connectivity index (χ3v) is 11.5. The van der Waals surface area contributed by atoms with E-state index in [0.29, 0.717) is 6.42 Å².